The van der Waals surface area contributed by atoms with Gasteiger partial charge in [0.1, 0.15) is 0 Å². The van der Waals surface area contributed by atoms with E-state index in [1.807, 2.05) is 0 Å². The van der Waals surface area contributed by atoms with Gasteiger partial charge < -0.3 is 11.1 Å². The number of hydrogen-bond donors (Lipinski definition) is 2. The van der Waals surface area contributed by atoms with Gasteiger partial charge in [0.15, 0.2) is 0 Å². The lowest BCUT2D eigenvalue weighted by atomic mass is 10.4. The molecule has 3 N–H and O–H groups in total. The summed E-state index contributed by atoms with van der Waals surface area (Å²) in [5.41, 5.74) is 4.72. The highest BCUT2D eigenvalue weighted by Crippen LogP contribution is 1.75. The predicted octanol–water partition coefficient (Wildman–Crippen LogP) is -0.189. The number of carbonyl (C=O) groups is 1. The number of amides is 2. The van der Waals surface area contributed by atoms with Crippen LogP contribution in [-0.2, 0) is 0 Å². The molecule has 0 atom stereocenters. The van der Waals surface area contributed by atoms with E-state index >= 15 is 0 Å². The van der Waals surface area contributed by atoms with Gasteiger partial charge >= 0.3 is 6.03 Å². The topological polar surface area (TPSA) is 84.6 Å². The maximum atomic E-state index is 9.96. The Morgan fingerprint density at radius 3 is 2.78 bits per heavy atom. The Hall–Kier alpha value is -1.13. The van der Waals surface area contributed by atoms with Crippen LogP contribution in [0, 0.1) is 4.91 Å². The third-order valence-electron chi connectivity index (χ3n) is 0.725. The third kappa shape index (κ3) is 6.87. The van der Waals surface area contributed by atoms with Gasteiger partial charge in [-0.15, -0.1) is 0 Å². The minimum atomic E-state index is -0.569. The van der Waals surface area contributed by atoms with Crippen molar-refractivity contribution >= 4 is 6.03 Å². The van der Waals surface area contributed by atoms with Gasteiger partial charge in [-0.2, -0.15) is 4.91 Å². The highest BCUT2D eigenvalue weighted by molar-refractivity contribution is 5.71. The molecule has 0 heterocycles. The summed E-state index contributed by atoms with van der Waals surface area (Å²) in [4.78, 5) is 19.4. The van der Waals surface area contributed by atoms with Crippen LogP contribution in [0.3, 0.4) is 0 Å². The van der Waals surface area contributed by atoms with Gasteiger partial charge in [-0.3, -0.25) is 0 Å². The Morgan fingerprint density at radius 1 is 1.67 bits per heavy atom. The number of rotatable bonds is 4. The number of nitroso groups, excluding NO2 is 1. The Balaban J connectivity index is 2.91. The summed E-state index contributed by atoms with van der Waals surface area (Å²) in [6.45, 7) is 0.640. The summed E-state index contributed by atoms with van der Waals surface area (Å²) in [5.74, 6) is 0. The van der Waals surface area contributed by atoms with Crippen LogP contribution in [0.2, 0.25) is 0 Å². The summed E-state index contributed by atoms with van der Waals surface area (Å²) in [6, 6.07) is -0.569. The second kappa shape index (κ2) is 5.02. The molecule has 0 spiro atoms. The number of nitrogens with zero attached hydrogens (tertiary/aromatic N) is 1. The maximum Gasteiger partial charge on any atom is 0.312 e. The smallest absolute Gasteiger partial charge is 0.312 e. The molecule has 9 heavy (non-hydrogen) atoms. The zero-order chi connectivity index (χ0) is 7.11. The first-order valence-corrected chi connectivity index (χ1v) is 2.60. The minimum Gasteiger partial charge on any atom is -0.352 e. The molecule has 0 saturated carbocycles. The first-order chi connectivity index (χ1) is 4.27. The molecule has 0 rings (SSSR count). The van der Waals surface area contributed by atoms with Crippen molar-refractivity contribution in [2.75, 3.05) is 13.1 Å². The number of carbonyl (C=O) groups excluding carboxylic acids is 1. The molecule has 52 valence electrons. The number of urea groups is 1. The molecule has 0 saturated heterocycles. The average molecular weight is 131 g/mol. The van der Waals surface area contributed by atoms with Crippen molar-refractivity contribution in [2.24, 2.45) is 10.9 Å². The van der Waals surface area contributed by atoms with Crippen molar-refractivity contribution in [1.82, 2.24) is 5.32 Å². The molecule has 0 aliphatic heterocycles. The third-order valence-corrected chi connectivity index (χ3v) is 0.725. The van der Waals surface area contributed by atoms with E-state index < -0.39 is 6.03 Å². The second-order valence-electron chi connectivity index (χ2n) is 1.50. The van der Waals surface area contributed by atoms with Crippen molar-refractivity contribution in [3.63, 3.8) is 0 Å². The molecule has 0 bridgehead atoms. The van der Waals surface area contributed by atoms with Gasteiger partial charge in [0.25, 0.3) is 0 Å². The number of hydrogen-bond acceptors (Lipinski definition) is 3. The summed E-state index contributed by atoms with van der Waals surface area (Å²) in [5, 5.41) is 4.91. The van der Waals surface area contributed by atoms with Gasteiger partial charge in [-0.1, -0.05) is 5.18 Å². The van der Waals surface area contributed by atoms with E-state index in [0.29, 0.717) is 13.0 Å². The Bertz CT molecular complexity index is 104. The summed E-state index contributed by atoms with van der Waals surface area (Å²) < 4.78 is 0. The molecule has 0 unspecified atom stereocenters. The van der Waals surface area contributed by atoms with Gasteiger partial charge in [0.05, 0.1) is 6.54 Å². The van der Waals surface area contributed by atoms with Crippen LogP contribution < -0.4 is 11.1 Å². The molecule has 0 aromatic rings. The van der Waals surface area contributed by atoms with Crippen molar-refractivity contribution in [2.45, 2.75) is 6.42 Å². The molecule has 5 heteroatoms. The van der Waals surface area contributed by atoms with Gasteiger partial charge in [-0.25, -0.2) is 4.79 Å². The molecule has 0 fully saturated rings. The summed E-state index contributed by atoms with van der Waals surface area (Å²) in [7, 11) is 0. The SMILES string of the molecule is NC(=O)NCCCN=O. The molecule has 0 aromatic carbocycles. The van der Waals surface area contributed by atoms with E-state index in [1.54, 1.807) is 0 Å². The average Bonchev–Trinajstić information content (AvgIpc) is 1.80. The van der Waals surface area contributed by atoms with Crippen LogP contribution in [0.1, 0.15) is 6.42 Å². The van der Waals surface area contributed by atoms with E-state index in [9.17, 15) is 9.70 Å². The molecule has 5 nitrogen and oxygen atoms in total. The molecule has 2 amide bonds. The lowest BCUT2D eigenvalue weighted by Gasteiger charge is -1.95. The molecular formula is C4H9N3O2. The Kier molecular flexibility index (Phi) is 4.39. The summed E-state index contributed by atoms with van der Waals surface area (Å²) >= 11 is 0. The van der Waals surface area contributed by atoms with Crippen LogP contribution in [0.5, 0.6) is 0 Å². The van der Waals surface area contributed by atoms with Gasteiger partial charge in [0.2, 0.25) is 0 Å². The van der Waals surface area contributed by atoms with Crippen molar-refractivity contribution in [1.29, 1.82) is 0 Å². The van der Waals surface area contributed by atoms with E-state index in [-0.39, 0.29) is 6.54 Å². The molecular weight excluding hydrogens is 122 g/mol. The maximum absolute atomic E-state index is 9.96. The van der Waals surface area contributed by atoms with Crippen molar-refractivity contribution < 1.29 is 4.79 Å². The fourth-order valence-electron chi connectivity index (χ4n) is 0.355. The number of nitrogens with one attached hydrogen (secondary N) is 1. The quantitative estimate of drug-likeness (QED) is 0.409. The second-order valence-corrected chi connectivity index (χ2v) is 1.50. The Labute approximate surface area is 52.6 Å². The van der Waals surface area contributed by atoms with Crippen LogP contribution >= 0.6 is 0 Å². The lowest BCUT2D eigenvalue weighted by molar-refractivity contribution is 0.249. The largest absolute Gasteiger partial charge is 0.352 e. The molecule has 0 radical (unpaired) electrons. The number of primary amides is 1. The van der Waals surface area contributed by atoms with E-state index in [4.69, 9.17) is 5.73 Å². The molecule has 0 aromatic heterocycles. The fraction of sp³-hybridized carbons (Fsp3) is 0.750. The van der Waals surface area contributed by atoms with E-state index in [0.717, 1.165) is 0 Å². The zero-order valence-electron chi connectivity index (χ0n) is 4.96. The van der Waals surface area contributed by atoms with Crippen LogP contribution in [0.4, 0.5) is 4.79 Å². The lowest BCUT2D eigenvalue weighted by Crippen LogP contribution is -2.30. The number of nitrogens with two attached hydrogens (primary N) is 1. The Morgan fingerprint density at radius 2 is 2.33 bits per heavy atom. The molecule has 0 aliphatic carbocycles. The highest BCUT2D eigenvalue weighted by atomic mass is 16.3. The highest BCUT2D eigenvalue weighted by Gasteiger charge is 1.88. The van der Waals surface area contributed by atoms with E-state index in [2.05, 4.69) is 10.5 Å². The van der Waals surface area contributed by atoms with Gasteiger partial charge in [-0.05, 0) is 6.42 Å². The zero-order valence-corrected chi connectivity index (χ0v) is 4.96. The van der Waals surface area contributed by atoms with E-state index in [1.165, 1.54) is 0 Å². The first-order valence-electron chi connectivity index (χ1n) is 2.60. The summed E-state index contributed by atoms with van der Waals surface area (Å²) in [6.07, 6.45) is 0.548. The standard InChI is InChI=1S/C4H9N3O2/c5-4(8)6-2-1-3-7-9/h1-3H2,(H3,5,6,8). The minimum absolute atomic E-state index is 0.222. The predicted molar refractivity (Wildman–Crippen MR) is 32.9 cm³/mol. The van der Waals surface area contributed by atoms with Gasteiger partial charge in [0, 0.05) is 6.54 Å². The first kappa shape index (κ1) is 7.87. The van der Waals surface area contributed by atoms with Crippen LogP contribution in [0.25, 0.3) is 0 Å². The van der Waals surface area contributed by atoms with Crippen LogP contribution in [-0.4, -0.2) is 19.1 Å². The van der Waals surface area contributed by atoms with Crippen LogP contribution in [0.15, 0.2) is 5.18 Å². The monoisotopic (exact) mass is 131 g/mol. The normalized spacial score (nSPS) is 8.44. The van der Waals surface area contributed by atoms with Crippen molar-refractivity contribution in [3.05, 3.63) is 4.91 Å². The van der Waals surface area contributed by atoms with Crippen molar-refractivity contribution in [3.8, 4) is 0 Å². The molecule has 0 aliphatic rings. The fourth-order valence-corrected chi connectivity index (χ4v) is 0.355.